The van der Waals surface area contributed by atoms with Gasteiger partial charge in [0.25, 0.3) is 0 Å². The number of benzene rings is 1. The van der Waals surface area contributed by atoms with Gasteiger partial charge in [0.1, 0.15) is 17.3 Å². The Morgan fingerprint density at radius 3 is 2.70 bits per heavy atom. The third kappa shape index (κ3) is 4.12. The average Bonchev–Trinajstić information content (AvgIpc) is 3.38. The second-order valence-electron chi connectivity index (χ2n) is 6.79. The van der Waals surface area contributed by atoms with Gasteiger partial charge in [-0.2, -0.15) is 10.4 Å². The number of allylic oxidation sites excluding steroid dienone is 1. The number of rotatable bonds is 6. The molecule has 0 fully saturated rings. The average molecular weight is 411 g/mol. The molecule has 0 aliphatic carbocycles. The lowest BCUT2D eigenvalue weighted by atomic mass is 10.0. The van der Waals surface area contributed by atoms with Crippen molar-refractivity contribution >= 4 is 23.2 Å². The predicted octanol–water partition coefficient (Wildman–Crippen LogP) is 5.15. The Labute approximate surface area is 178 Å². The van der Waals surface area contributed by atoms with Crippen molar-refractivity contribution in [3.8, 4) is 17.3 Å². The largest absolute Gasteiger partial charge is 0.287 e. The van der Waals surface area contributed by atoms with Crippen molar-refractivity contribution in [3.05, 3.63) is 99.6 Å². The van der Waals surface area contributed by atoms with Crippen molar-refractivity contribution in [1.82, 2.24) is 14.8 Å². The van der Waals surface area contributed by atoms with E-state index in [-0.39, 0.29) is 11.4 Å². The van der Waals surface area contributed by atoms with E-state index < -0.39 is 0 Å². The number of aryl methyl sites for hydroxylation is 1. The minimum Gasteiger partial charge on any atom is -0.287 e. The Bertz CT molecular complexity index is 1250. The highest BCUT2D eigenvalue weighted by Crippen LogP contribution is 2.26. The van der Waals surface area contributed by atoms with Gasteiger partial charge in [0, 0.05) is 29.7 Å². The predicted molar refractivity (Wildman–Crippen MR) is 118 cm³/mol. The van der Waals surface area contributed by atoms with Gasteiger partial charge in [-0.15, -0.1) is 11.3 Å². The van der Waals surface area contributed by atoms with Crippen LogP contribution in [0.5, 0.6) is 0 Å². The summed E-state index contributed by atoms with van der Waals surface area (Å²) in [4.78, 5) is 17.7. The minimum absolute atomic E-state index is 0.0879. The molecule has 0 aliphatic rings. The maximum Gasteiger partial charge on any atom is 0.213 e. The third-order valence-corrected chi connectivity index (χ3v) is 5.66. The molecule has 0 unspecified atom stereocenters. The smallest absolute Gasteiger partial charge is 0.213 e. The van der Waals surface area contributed by atoms with Gasteiger partial charge in [0.15, 0.2) is 0 Å². The molecule has 0 bridgehead atoms. The number of carbonyl (C=O) groups is 1. The molecule has 3 heterocycles. The number of hydrogen-bond acceptors (Lipinski definition) is 5. The monoisotopic (exact) mass is 410 g/mol. The number of ketones is 1. The summed E-state index contributed by atoms with van der Waals surface area (Å²) in [6.45, 7) is 2.46. The fourth-order valence-corrected chi connectivity index (χ4v) is 4.03. The van der Waals surface area contributed by atoms with E-state index in [1.54, 1.807) is 18.5 Å². The van der Waals surface area contributed by atoms with Gasteiger partial charge < -0.3 is 0 Å². The van der Waals surface area contributed by atoms with Gasteiger partial charge >= 0.3 is 0 Å². The lowest BCUT2D eigenvalue weighted by Crippen LogP contribution is -2.01. The number of hydrogen-bond donors (Lipinski definition) is 0. The maximum absolute atomic E-state index is 12.9. The van der Waals surface area contributed by atoms with Crippen molar-refractivity contribution in [3.63, 3.8) is 0 Å². The first-order valence-electron chi connectivity index (χ1n) is 9.38. The van der Waals surface area contributed by atoms with Gasteiger partial charge in [0.2, 0.25) is 5.78 Å². The Balaban J connectivity index is 1.77. The molecular weight excluding hydrogens is 392 g/mol. The van der Waals surface area contributed by atoms with Gasteiger partial charge in [-0.3, -0.25) is 14.5 Å². The van der Waals surface area contributed by atoms with Crippen LogP contribution in [0.4, 0.5) is 0 Å². The fourth-order valence-electron chi connectivity index (χ4n) is 3.15. The van der Waals surface area contributed by atoms with E-state index in [9.17, 15) is 10.1 Å². The molecule has 6 heteroatoms. The maximum atomic E-state index is 12.9. The second kappa shape index (κ2) is 8.68. The Morgan fingerprint density at radius 2 is 2.03 bits per heavy atom. The highest BCUT2D eigenvalue weighted by Gasteiger charge is 2.18. The van der Waals surface area contributed by atoms with Gasteiger partial charge in [-0.25, -0.2) is 0 Å². The Hall–Kier alpha value is -3.82. The molecule has 3 aromatic heterocycles. The first-order valence-corrected chi connectivity index (χ1v) is 10.3. The summed E-state index contributed by atoms with van der Waals surface area (Å²) in [7, 11) is 0. The molecule has 0 saturated carbocycles. The van der Waals surface area contributed by atoms with Gasteiger partial charge in [-0.05, 0) is 47.7 Å². The topological polar surface area (TPSA) is 71.6 Å². The number of carbonyl (C=O) groups excluding carboxylic acids is 1. The third-order valence-electron chi connectivity index (χ3n) is 4.65. The molecule has 0 amide bonds. The van der Waals surface area contributed by atoms with E-state index in [4.69, 9.17) is 5.10 Å². The van der Waals surface area contributed by atoms with Crippen molar-refractivity contribution in [2.24, 2.45) is 0 Å². The van der Waals surface area contributed by atoms with Crippen LogP contribution in [0.3, 0.4) is 0 Å². The van der Waals surface area contributed by atoms with E-state index in [1.807, 2.05) is 71.7 Å². The summed E-state index contributed by atoms with van der Waals surface area (Å²) < 4.78 is 1.82. The summed E-state index contributed by atoms with van der Waals surface area (Å²) in [5.41, 5.74) is 4.29. The fraction of sp³-hybridized carbons (Fsp3) is 0.0833. The van der Waals surface area contributed by atoms with E-state index in [2.05, 4.69) is 11.1 Å². The molecular formula is C24H18N4OS. The number of thiophene rings is 1. The first-order chi connectivity index (χ1) is 14.7. The van der Waals surface area contributed by atoms with Crippen LogP contribution in [-0.4, -0.2) is 20.5 Å². The van der Waals surface area contributed by atoms with Crippen molar-refractivity contribution < 1.29 is 4.79 Å². The molecule has 0 N–H and O–H groups in total. The number of pyridine rings is 1. The first kappa shape index (κ1) is 19.5. The normalized spacial score (nSPS) is 11.3. The summed E-state index contributed by atoms with van der Waals surface area (Å²) in [6, 6.07) is 17.7. The highest BCUT2D eigenvalue weighted by atomic mass is 32.1. The SMILES string of the molecule is Cc1ccsc1C(=O)/C(C#N)=C\c1cn(Cc2ccccc2)nc1-c1cccnc1. The number of nitriles is 1. The van der Waals surface area contributed by atoms with Crippen LogP contribution in [0.1, 0.15) is 26.4 Å². The summed E-state index contributed by atoms with van der Waals surface area (Å²) >= 11 is 1.35. The lowest BCUT2D eigenvalue weighted by Gasteiger charge is -2.01. The second-order valence-corrected chi connectivity index (χ2v) is 7.71. The van der Waals surface area contributed by atoms with E-state index in [0.29, 0.717) is 22.7 Å². The summed E-state index contributed by atoms with van der Waals surface area (Å²) in [6.07, 6.45) is 6.91. The van der Waals surface area contributed by atoms with Crippen molar-refractivity contribution in [2.75, 3.05) is 0 Å². The van der Waals surface area contributed by atoms with Crippen LogP contribution in [-0.2, 0) is 6.54 Å². The quantitative estimate of drug-likeness (QED) is 0.250. The standard InChI is InChI=1S/C24H18N4OS/c1-17-9-11-30-24(17)23(29)20(13-25)12-21-16-28(15-18-6-3-2-4-7-18)27-22(21)19-8-5-10-26-14-19/h2-12,14,16H,15H2,1H3/b20-12-. The van der Waals surface area contributed by atoms with E-state index in [0.717, 1.165) is 16.7 Å². The minimum atomic E-state index is -0.266. The van der Waals surface area contributed by atoms with Gasteiger partial charge in [-0.1, -0.05) is 30.3 Å². The van der Waals surface area contributed by atoms with Crippen LogP contribution in [0.2, 0.25) is 0 Å². The Kier molecular flexibility index (Phi) is 5.64. The number of Topliss-reactive ketones (excluding diaryl/α,β-unsaturated/α-hetero) is 1. The molecule has 4 rings (SSSR count). The van der Waals surface area contributed by atoms with Crippen molar-refractivity contribution in [1.29, 1.82) is 5.26 Å². The molecule has 0 saturated heterocycles. The molecule has 0 spiro atoms. The molecule has 30 heavy (non-hydrogen) atoms. The molecule has 1 aromatic carbocycles. The number of nitrogens with zero attached hydrogens (tertiary/aromatic N) is 4. The zero-order valence-electron chi connectivity index (χ0n) is 16.3. The highest BCUT2D eigenvalue weighted by molar-refractivity contribution is 7.12. The molecule has 146 valence electrons. The molecule has 4 aromatic rings. The van der Waals surface area contributed by atoms with E-state index >= 15 is 0 Å². The van der Waals surface area contributed by atoms with E-state index in [1.165, 1.54) is 11.3 Å². The van der Waals surface area contributed by atoms with Crippen LogP contribution in [0.15, 0.2) is 78.1 Å². The summed E-state index contributed by atoms with van der Waals surface area (Å²) in [5.74, 6) is -0.266. The van der Waals surface area contributed by atoms with Gasteiger partial charge in [0.05, 0.1) is 11.4 Å². The molecule has 0 atom stereocenters. The van der Waals surface area contributed by atoms with Crippen LogP contribution < -0.4 is 0 Å². The summed E-state index contributed by atoms with van der Waals surface area (Å²) in [5, 5.41) is 16.3. The zero-order chi connectivity index (χ0) is 20.9. The van der Waals surface area contributed by atoms with Crippen molar-refractivity contribution in [2.45, 2.75) is 13.5 Å². The number of aromatic nitrogens is 3. The molecule has 0 radical (unpaired) electrons. The van der Waals surface area contributed by atoms with Crippen LogP contribution >= 0.6 is 11.3 Å². The van der Waals surface area contributed by atoms with Crippen LogP contribution in [0, 0.1) is 18.3 Å². The van der Waals surface area contributed by atoms with Crippen LogP contribution in [0.25, 0.3) is 17.3 Å². The molecule has 5 nitrogen and oxygen atoms in total. The zero-order valence-corrected chi connectivity index (χ0v) is 17.1. The molecule has 0 aliphatic heterocycles. The Morgan fingerprint density at radius 1 is 1.20 bits per heavy atom. The lowest BCUT2D eigenvalue weighted by molar-refractivity contribution is 0.104.